The number of rotatable bonds is 4. The molecule has 1 saturated carbocycles. The van der Waals surface area contributed by atoms with E-state index < -0.39 is 0 Å². The van der Waals surface area contributed by atoms with Crippen molar-refractivity contribution in [3.05, 3.63) is 59.9 Å². The lowest BCUT2D eigenvalue weighted by atomic mass is 10.1. The number of fused-ring (bicyclic) bond motifs is 1. The third-order valence-corrected chi connectivity index (χ3v) is 4.81. The van der Waals surface area contributed by atoms with Crippen LogP contribution in [0.25, 0.3) is 11.0 Å². The molecule has 0 saturated heterocycles. The Balaban J connectivity index is 1.60. The van der Waals surface area contributed by atoms with E-state index in [0.717, 1.165) is 29.4 Å². The van der Waals surface area contributed by atoms with Crippen molar-refractivity contribution in [3.8, 4) is 0 Å². The Hall–Kier alpha value is -2.69. The van der Waals surface area contributed by atoms with Crippen molar-refractivity contribution in [2.24, 2.45) is 0 Å². The predicted molar refractivity (Wildman–Crippen MR) is 96.0 cm³/mol. The van der Waals surface area contributed by atoms with Crippen molar-refractivity contribution in [2.45, 2.75) is 38.1 Å². The van der Waals surface area contributed by atoms with Gasteiger partial charge in [0, 0.05) is 6.04 Å². The van der Waals surface area contributed by atoms with Gasteiger partial charge in [0.05, 0.1) is 17.5 Å². The van der Waals surface area contributed by atoms with E-state index in [1.807, 2.05) is 18.2 Å². The second-order valence-electron chi connectivity index (χ2n) is 6.58. The summed E-state index contributed by atoms with van der Waals surface area (Å²) in [7, 11) is 0. The highest BCUT2D eigenvalue weighted by molar-refractivity contribution is 5.93. The molecule has 3 aromatic rings. The van der Waals surface area contributed by atoms with Crippen LogP contribution in [-0.2, 0) is 11.2 Å². The molecule has 2 aromatic carbocycles. The zero-order valence-corrected chi connectivity index (χ0v) is 13.9. The summed E-state index contributed by atoms with van der Waals surface area (Å²) in [4.78, 5) is 17.1. The molecule has 0 bridgehead atoms. The van der Waals surface area contributed by atoms with E-state index in [4.69, 9.17) is 0 Å². The van der Waals surface area contributed by atoms with E-state index in [1.54, 1.807) is 12.1 Å². The molecule has 5 heteroatoms. The molecule has 4 rings (SSSR count). The van der Waals surface area contributed by atoms with Crippen LogP contribution in [0.15, 0.2) is 48.5 Å². The summed E-state index contributed by atoms with van der Waals surface area (Å²) >= 11 is 0. The van der Waals surface area contributed by atoms with Gasteiger partial charge in [0.15, 0.2) is 0 Å². The summed E-state index contributed by atoms with van der Waals surface area (Å²) in [5.74, 6) is 0.175. The summed E-state index contributed by atoms with van der Waals surface area (Å²) in [6.07, 6.45) is 4.84. The van der Waals surface area contributed by atoms with Crippen molar-refractivity contribution in [1.29, 1.82) is 0 Å². The maximum atomic E-state index is 13.0. The Kier molecular flexibility index (Phi) is 4.22. The lowest BCUT2D eigenvalue weighted by molar-refractivity contribution is -0.115. The zero-order chi connectivity index (χ0) is 17.2. The number of hydrogen-bond acceptors (Lipinski definition) is 2. The molecule has 0 unspecified atom stereocenters. The monoisotopic (exact) mass is 337 g/mol. The lowest BCUT2D eigenvalue weighted by Crippen LogP contribution is -2.19. The van der Waals surface area contributed by atoms with Crippen LogP contribution in [0.4, 0.5) is 10.3 Å². The van der Waals surface area contributed by atoms with E-state index >= 15 is 0 Å². The first-order chi connectivity index (χ1) is 12.2. The first-order valence-corrected chi connectivity index (χ1v) is 8.72. The molecule has 128 valence electrons. The van der Waals surface area contributed by atoms with Crippen LogP contribution in [0.5, 0.6) is 0 Å². The van der Waals surface area contributed by atoms with Gasteiger partial charge in [0.1, 0.15) is 5.82 Å². The number of benzene rings is 2. The third-order valence-electron chi connectivity index (χ3n) is 4.81. The first kappa shape index (κ1) is 15.8. The quantitative estimate of drug-likeness (QED) is 0.763. The topological polar surface area (TPSA) is 46.9 Å². The van der Waals surface area contributed by atoms with Gasteiger partial charge >= 0.3 is 0 Å². The number of para-hydroxylation sites is 2. The Bertz CT molecular complexity index is 895. The van der Waals surface area contributed by atoms with Crippen molar-refractivity contribution in [3.63, 3.8) is 0 Å². The normalized spacial score (nSPS) is 14.9. The van der Waals surface area contributed by atoms with Crippen LogP contribution in [0.3, 0.4) is 0 Å². The molecule has 1 N–H and O–H groups in total. The van der Waals surface area contributed by atoms with Gasteiger partial charge in [-0.25, -0.2) is 9.37 Å². The average Bonchev–Trinajstić information content (AvgIpc) is 3.23. The summed E-state index contributed by atoms with van der Waals surface area (Å²) < 4.78 is 15.2. The van der Waals surface area contributed by atoms with Gasteiger partial charge in [0.25, 0.3) is 0 Å². The number of carbonyl (C=O) groups is 1. The van der Waals surface area contributed by atoms with Crippen molar-refractivity contribution >= 4 is 22.9 Å². The summed E-state index contributed by atoms with van der Waals surface area (Å²) in [5, 5.41) is 2.96. The Morgan fingerprint density at radius 1 is 1.12 bits per heavy atom. The van der Waals surface area contributed by atoms with Gasteiger partial charge in [-0.2, -0.15) is 0 Å². The fourth-order valence-corrected chi connectivity index (χ4v) is 3.62. The first-order valence-electron chi connectivity index (χ1n) is 8.72. The minimum atomic E-state index is -0.299. The van der Waals surface area contributed by atoms with E-state index in [1.165, 1.54) is 25.0 Å². The van der Waals surface area contributed by atoms with E-state index in [0.29, 0.717) is 12.0 Å². The lowest BCUT2D eigenvalue weighted by Gasteiger charge is -2.16. The highest BCUT2D eigenvalue weighted by atomic mass is 19.1. The minimum Gasteiger partial charge on any atom is -0.307 e. The minimum absolute atomic E-state index is 0.138. The molecule has 1 aliphatic carbocycles. The van der Waals surface area contributed by atoms with Crippen LogP contribution in [0.2, 0.25) is 0 Å². The van der Waals surface area contributed by atoms with Crippen molar-refractivity contribution in [1.82, 2.24) is 9.55 Å². The van der Waals surface area contributed by atoms with Crippen LogP contribution in [0.1, 0.15) is 37.3 Å². The maximum Gasteiger partial charge on any atom is 0.231 e. The zero-order valence-electron chi connectivity index (χ0n) is 13.9. The number of nitrogens with zero attached hydrogens (tertiary/aromatic N) is 2. The smallest absolute Gasteiger partial charge is 0.231 e. The SMILES string of the molecule is O=C(Cc1ccc(F)cc1)Nc1nc2ccccc2n1C1CCCC1. The fourth-order valence-electron chi connectivity index (χ4n) is 3.62. The molecule has 0 spiro atoms. The molecule has 1 aromatic heterocycles. The van der Waals surface area contributed by atoms with Gasteiger partial charge in [-0.05, 0) is 42.7 Å². The number of nitrogens with one attached hydrogen (secondary N) is 1. The van der Waals surface area contributed by atoms with Gasteiger partial charge in [0.2, 0.25) is 11.9 Å². The summed E-state index contributed by atoms with van der Waals surface area (Å²) in [6.45, 7) is 0. The van der Waals surface area contributed by atoms with Gasteiger partial charge < -0.3 is 4.57 Å². The molecule has 1 heterocycles. The number of imidazole rings is 1. The number of halogens is 1. The van der Waals surface area contributed by atoms with Crippen LogP contribution in [-0.4, -0.2) is 15.5 Å². The van der Waals surface area contributed by atoms with Gasteiger partial charge in [-0.1, -0.05) is 37.1 Å². The van der Waals surface area contributed by atoms with Gasteiger partial charge in [-0.3, -0.25) is 10.1 Å². The Labute approximate surface area is 145 Å². The molecular formula is C20H20FN3O. The highest BCUT2D eigenvalue weighted by Crippen LogP contribution is 2.35. The number of carbonyl (C=O) groups excluding carboxylic acids is 1. The molecule has 0 radical (unpaired) electrons. The second-order valence-corrected chi connectivity index (χ2v) is 6.58. The van der Waals surface area contributed by atoms with Crippen LogP contribution >= 0.6 is 0 Å². The Morgan fingerprint density at radius 2 is 1.84 bits per heavy atom. The maximum absolute atomic E-state index is 13.0. The molecule has 0 atom stereocenters. The number of hydrogen-bond donors (Lipinski definition) is 1. The van der Waals surface area contributed by atoms with E-state index in [2.05, 4.69) is 20.9 Å². The van der Waals surface area contributed by atoms with E-state index in [-0.39, 0.29) is 18.1 Å². The Morgan fingerprint density at radius 3 is 2.60 bits per heavy atom. The molecule has 1 amide bonds. The van der Waals surface area contributed by atoms with Crippen molar-refractivity contribution < 1.29 is 9.18 Å². The third kappa shape index (κ3) is 3.27. The summed E-state index contributed by atoms with van der Waals surface area (Å²) in [6, 6.07) is 14.4. The number of anilines is 1. The largest absolute Gasteiger partial charge is 0.307 e. The van der Waals surface area contributed by atoms with Gasteiger partial charge in [-0.15, -0.1) is 0 Å². The second kappa shape index (κ2) is 6.67. The molecule has 1 fully saturated rings. The number of amides is 1. The summed E-state index contributed by atoms with van der Waals surface area (Å²) in [5.41, 5.74) is 2.74. The molecule has 25 heavy (non-hydrogen) atoms. The van der Waals surface area contributed by atoms with Crippen LogP contribution in [0, 0.1) is 5.82 Å². The molecule has 1 aliphatic rings. The van der Waals surface area contributed by atoms with Crippen LogP contribution < -0.4 is 5.32 Å². The highest BCUT2D eigenvalue weighted by Gasteiger charge is 2.23. The molecular weight excluding hydrogens is 317 g/mol. The average molecular weight is 337 g/mol. The van der Waals surface area contributed by atoms with E-state index in [9.17, 15) is 9.18 Å². The van der Waals surface area contributed by atoms with Crippen molar-refractivity contribution in [2.75, 3.05) is 5.32 Å². The number of aromatic nitrogens is 2. The fraction of sp³-hybridized carbons (Fsp3) is 0.300. The standard InChI is InChI=1S/C20H20FN3O/c21-15-11-9-14(10-12-15)13-19(25)23-20-22-17-7-3-4-8-18(17)24(20)16-5-1-2-6-16/h3-4,7-12,16H,1-2,5-6,13H2,(H,22,23,25). The molecule has 0 aliphatic heterocycles. The predicted octanol–water partition coefficient (Wildman–Crippen LogP) is 4.47. The molecule has 4 nitrogen and oxygen atoms in total.